The number of aromatic nitrogens is 2. The molecule has 0 amide bonds. The number of imidazole rings is 1. The molecule has 20 heavy (non-hydrogen) atoms. The number of carboxylic acid groups (broad SMARTS) is 1. The standard InChI is InChI=1S/C13H9ClN2O2S2/c14-9-2-1-3-10-12(9)16(8-4-5-19-6-8)13(15-10)20-7-11(17)18/h1-6H,7H2,(H,17,18). The van der Waals surface area contributed by atoms with Crippen molar-refractivity contribution in [1.29, 1.82) is 0 Å². The number of fused-ring (bicyclic) bond motifs is 1. The van der Waals surface area contributed by atoms with Crippen LogP contribution in [0.4, 0.5) is 0 Å². The maximum absolute atomic E-state index is 10.8. The molecule has 3 rings (SSSR count). The van der Waals surface area contributed by atoms with Gasteiger partial charge in [-0.1, -0.05) is 29.4 Å². The number of rotatable bonds is 4. The summed E-state index contributed by atoms with van der Waals surface area (Å²) in [4.78, 5) is 15.3. The highest BCUT2D eigenvalue weighted by molar-refractivity contribution is 7.99. The molecular formula is C13H9ClN2O2S2. The quantitative estimate of drug-likeness (QED) is 0.739. The smallest absolute Gasteiger partial charge is 0.313 e. The Morgan fingerprint density at radius 3 is 3.00 bits per heavy atom. The molecule has 0 aliphatic rings. The highest BCUT2D eigenvalue weighted by Gasteiger charge is 2.16. The van der Waals surface area contributed by atoms with Gasteiger partial charge in [0, 0.05) is 5.38 Å². The summed E-state index contributed by atoms with van der Waals surface area (Å²) in [5.74, 6) is -0.907. The van der Waals surface area contributed by atoms with E-state index < -0.39 is 5.97 Å². The second kappa shape index (κ2) is 5.47. The molecule has 0 spiro atoms. The van der Waals surface area contributed by atoms with Crippen molar-refractivity contribution in [3.8, 4) is 5.69 Å². The van der Waals surface area contributed by atoms with Gasteiger partial charge in [-0.2, -0.15) is 11.3 Å². The number of hydrogen-bond donors (Lipinski definition) is 1. The topological polar surface area (TPSA) is 55.1 Å². The van der Waals surface area contributed by atoms with E-state index >= 15 is 0 Å². The molecule has 0 saturated heterocycles. The number of hydrogen-bond acceptors (Lipinski definition) is 4. The van der Waals surface area contributed by atoms with Gasteiger partial charge in [0.05, 0.1) is 27.5 Å². The molecule has 102 valence electrons. The first-order valence-electron chi connectivity index (χ1n) is 5.71. The average Bonchev–Trinajstić information content (AvgIpc) is 3.03. The summed E-state index contributed by atoms with van der Waals surface area (Å²) in [6, 6.07) is 7.47. The lowest BCUT2D eigenvalue weighted by Crippen LogP contribution is -2.01. The van der Waals surface area contributed by atoms with Crippen molar-refractivity contribution >= 4 is 51.7 Å². The fourth-order valence-electron chi connectivity index (χ4n) is 1.91. The zero-order valence-electron chi connectivity index (χ0n) is 10.1. The molecule has 0 unspecified atom stereocenters. The molecule has 2 heterocycles. The highest BCUT2D eigenvalue weighted by atomic mass is 35.5. The summed E-state index contributed by atoms with van der Waals surface area (Å²) in [5, 5.41) is 14.0. The van der Waals surface area contributed by atoms with Gasteiger partial charge >= 0.3 is 5.97 Å². The number of carbonyl (C=O) groups is 1. The first-order valence-corrected chi connectivity index (χ1v) is 8.01. The van der Waals surface area contributed by atoms with Crippen molar-refractivity contribution in [2.45, 2.75) is 5.16 Å². The summed E-state index contributed by atoms with van der Waals surface area (Å²) < 4.78 is 1.90. The van der Waals surface area contributed by atoms with Gasteiger partial charge in [0.2, 0.25) is 0 Å². The third-order valence-corrected chi connectivity index (χ3v) is 4.58. The molecule has 0 radical (unpaired) electrons. The summed E-state index contributed by atoms with van der Waals surface area (Å²) in [5.41, 5.74) is 2.51. The van der Waals surface area contributed by atoms with E-state index in [0.29, 0.717) is 10.2 Å². The molecule has 1 N–H and O–H groups in total. The SMILES string of the molecule is O=C(O)CSc1nc2cccc(Cl)c2n1-c1ccsc1. The zero-order valence-corrected chi connectivity index (χ0v) is 12.5. The maximum atomic E-state index is 10.8. The summed E-state index contributed by atoms with van der Waals surface area (Å²) in [7, 11) is 0. The van der Waals surface area contributed by atoms with Crippen LogP contribution >= 0.6 is 34.7 Å². The van der Waals surface area contributed by atoms with Crippen LogP contribution in [0.3, 0.4) is 0 Å². The molecule has 7 heteroatoms. The maximum Gasteiger partial charge on any atom is 0.313 e. The number of benzene rings is 1. The molecule has 0 bridgehead atoms. The van der Waals surface area contributed by atoms with E-state index in [4.69, 9.17) is 16.7 Å². The Morgan fingerprint density at radius 1 is 1.45 bits per heavy atom. The predicted molar refractivity (Wildman–Crippen MR) is 82.3 cm³/mol. The van der Waals surface area contributed by atoms with E-state index in [1.54, 1.807) is 17.4 Å². The summed E-state index contributed by atoms with van der Waals surface area (Å²) in [6.45, 7) is 0. The van der Waals surface area contributed by atoms with Crippen LogP contribution in [-0.4, -0.2) is 26.4 Å². The van der Waals surface area contributed by atoms with Gasteiger partial charge in [0.1, 0.15) is 0 Å². The second-order valence-electron chi connectivity index (χ2n) is 4.00. The van der Waals surface area contributed by atoms with Crippen molar-refractivity contribution in [3.05, 3.63) is 40.0 Å². The highest BCUT2D eigenvalue weighted by Crippen LogP contribution is 2.32. The molecular weight excluding hydrogens is 316 g/mol. The minimum atomic E-state index is -0.870. The Labute approximate surface area is 128 Å². The lowest BCUT2D eigenvalue weighted by molar-refractivity contribution is -0.133. The van der Waals surface area contributed by atoms with E-state index in [9.17, 15) is 4.79 Å². The van der Waals surface area contributed by atoms with Gasteiger partial charge in [-0.15, -0.1) is 0 Å². The summed E-state index contributed by atoms with van der Waals surface area (Å²) >= 11 is 9.03. The van der Waals surface area contributed by atoms with Gasteiger partial charge in [-0.25, -0.2) is 4.98 Å². The van der Waals surface area contributed by atoms with E-state index in [-0.39, 0.29) is 5.75 Å². The van der Waals surface area contributed by atoms with E-state index in [0.717, 1.165) is 16.7 Å². The predicted octanol–water partition coefficient (Wildman–Crippen LogP) is 3.92. The summed E-state index contributed by atoms with van der Waals surface area (Å²) in [6.07, 6.45) is 0. The number of aliphatic carboxylic acids is 1. The van der Waals surface area contributed by atoms with Crippen molar-refractivity contribution < 1.29 is 9.90 Å². The van der Waals surface area contributed by atoms with Crippen LogP contribution in [0.1, 0.15) is 0 Å². The third-order valence-electron chi connectivity index (χ3n) is 2.69. The Bertz CT molecular complexity index is 768. The Morgan fingerprint density at radius 2 is 2.30 bits per heavy atom. The number of nitrogens with zero attached hydrogens (tertiary/aromatic N) is 2. The molecule has 2 aromatic heterocycles. The van der Waals surface area contributed by atoms with Crippen LogP contribution in [0.25, 0.3) is 16.7 Å². The average molecular weight is 325 g/mol. The minimum absolute atomic E-state index is 0.0366. The monoisotopic (exact) mass is 324 g/mol. The largest absolute Gasteiger partial charge is 0.481 e. The van der Waals surface area contributed by atoms with Crippen LogP contribution in [0, 0.1) is 0 Å². The molecule has 0 fully saturated rings. The van der Waals surface area contributed by atoms with Crippen molar-refractivity contribution in [2.24, 2.45) is 0 Å². The van der Waals surface area contributed by atoms with Gasteiger partial charge in [0.25, 0.3) is 0 Å². The molecule has 0 aliphatic carbocycles. The molecule has 0 saturated carbocycles. The van der Waals surface area contributed by atoms with Gasteiger partial charge in [0.15, 0.2) is 5.16 Å². The van der Waals surface area contributed by atoms with Crippen molar-refractivity contribution in [2.75, 3.05) is 5.75 Å². The Hall–Kier alpha value is -1.50. The fourth-order valence-corrected chi connectivity index (χ4v) is 3.53. The third kappa shape index (κ3) is 2.42. The lowest BCUT2D eigenvalue weighted by atomic mass is 10.3. The van der Waals surface area contributed by atoms with Gasteiger partial charge in [-0.3, -0.25) is 9.36 Å². The van der Waals surface area contributed by atoms with E-state index in [1.165, 1.54) is 11.8 Å². The normalized spacial score (nSPS) is 11.1. The minimum Gasteiger partial charge on any atom is -0.481 e. The Balaban J connectivity index is 2.21. The second-order valence-corrected chi connectivity index (χ2v) is 6.13. The van der Waals surface area contributed by atoms with Crippen molar-refractivity contribution in [3.63, 3.8) is 0 Å². The number of halogens is 1. The van der Waals surface area contributed by atoms with Crippen LogP contribution < -0.4 is 0 Å². The van der Waals surface area contributed by atoms with E-state index in [1.807, 2.05) is 33.5 Å². The molecule has 0 aliphatic heterocycles. The van der Waals surface area contributed by atoms with Gasteiger partial charge in [-0.05, 0) is 23.6 Å². The Kier molecular flexibility index (Phi) is 3.69. The number of para-hydroxylation sites is 1. The lowest BCUT2D eigenvalue weighted by Gasteiger charge is -2.06. The molecule has 3 aromatic rings. The van der Waals surface area contributed by atoms with Crippen LogP contribution in [0.2, 0.25) is 5.02 Å². The van der Waals surface area contributed by atoms with Crippen LogP contribution in [0.5, 0.6) is 0 Å². The van der Waals surface area contributed by atoms with Crippen LogP contribution in [0.15, 0.2) is 40.2 Å². The number of thiophene rings is 1. The number of carboxylic acids is 1. The zero-order chi connectivity index (χ0) is 14.1. The first kappa shape index (κ1) is 13.5. The first-order chi connectivity index (χ1) is 9.66. The van der Waals surface area contributed by atoms with Crippen molar-refractivity contribution in [1.82, 2.24) is 9.55 Å². The van der Waals surface area contributed by atoms with Gasteiger partial charge < -0.3 is 5.11 Å². The molecule has 1 aromatic carbocycles. The van der Waals surface area contributed by atoms with Crippen LogP contribution in [-0.2, 0) is 4.79 Å². The molecule has 4 nitrogen and oxygen atoms in total. The number of thioether (sulfide) groups is 1. The molecule has 0 atom stereocenters. The van der Waals surface area contributed by atoms with E-state index in [2.05, 4.69) is 4.98 Å². The fraction of sp³-hybridized carbons (Fsp3) is 0.0769.